The fraction of sp³-hybridized carbons (Fsp3) is 0.500. The lowest BCUT2D eigenvalue weighted by Crippen LogP contribution is -2.31. The zero-order valence-electron chi connectivity index (χ0n) is 11.4. The van der Waals surface area contributed by atoms with Gasteiger partial charge in [-0.2, -0.15) is 0 Å². The molecule has 1 aromatic heterocycles. The van der Waals surface area contributed by atoms with Crippen molar-refractivity contribution in [2.45, 2.75) is 19.4 Å². The molecule has 1 aliphatic rings. The Kier molecular flexibility index (Phi) is 3.67. The van der Waals surface area contributed by atoms with E-state index in [0.717, 1.165) is 50.6 Å². The van der Waals surface area contributed by atoms with E-state index in [1.807, 2.05) is 0 Å². The molecule has 1 unspecified atom stereocenters. The molecule has 0 radical (unpaired) electrons. The highest BCUT2D eigenvalue weighted by Gasteiger charge is 2.20. The SMILES string of the molecule is CC(c1nc2cc(F)c(F)cc2[nH]1)N1CCCNCC1. The Morgan fingerprint density at radius 3 is 2.85 bits per heavy atom. The molecule has 2 heterocycles. The Morgan fingerprint density at radius 1 is 1.20 bits per heavy atom. The van der Waals surface area contributed by atoms with Gasteiger partial charge < -0.3 is 10.3 Å². The molecular weight excluding hydrogens is 262 g/mol. The van der Waals surface area contributed by atoms with E-state index in [-0.39, 0.29) is 6.04 Å². The van der Waals surface area contributed by atoms with Gasteiger partial charge in [0.1, 0.15) is 5.82 Å². The molecule has 3 rings (SSSR count). The molecule has 20 heavy (non-hydrogen) atoms. The molecule has 1 aromatic carbocycles. The van der Waals surface area contributed by atoms with Gasteiger partial charge in [-0.3, -0.25) is 4.90 Å². The Hall–Kier alpha value is -1.53. The maximum absolute atomic E-state index is 13.2. The average Bonchev–Trinajstić information content (AvgIpc) is 2.66. The molecule has 1 saturated heterocycles. The zero-order valence-corrected chi connectivity index (χ0v) is 11.4. The summed E-state index contributed by atoms with van der Waals surface area (Å²) in [5, 5.41) is 3.35. The van der Waals surface area contributed by atoms with E-state index in [0.29, 0.717) is 11.0 Å². The number of halogens is 2. The number of imidazole rings is 1. The topological polar surface area (TPSA) is 44.0 Å². The predicted octanol–water partition coefficient (Wildman–Crippen LogP) is 2.20. The number of hydrogen-bond donors (Lipinski definition) is 2. The summed E-state index contributed by atoms with van der Waals surface area (Å²) in [5.74, 6) is -0.951. The van der Waals surface area contributed by atoms with E-state index in [9.17, 15) is 8.78 Å². The summed E-state index contributed by atoms with van der Waals surface area (Å²) in [6.45, 7) is 5.98. The van der Waals surface area contributed by atoms with Crippen LogP contribution in [-0.2, 0) is 0 Å². The molecule has 6 heteroatoms. The van der Waals surface area contributed by atoms with Crippen LogP contribution in [0.15, 0.2) is 12.1 Å². The molecule has 0 amide bonds. The van der Waals surface area contributed by atoms with Gasteiger partial charge >= 0.3 is 0 Å². The molecule has 108 valence electrons. The van der Waals surface area contributed by atoms with Crippen LogP contribution in [0.2, 0.25) is 0 Å². The van der Waals surface area contributed by atoms with Crippen molar-refractivity contribution in [3.63, 3.8) is 0 Å². The molecule has 1 atom stereocenters. The maximum Gasteiger partial charge on any atom is 0.161 e. The molecule has 2 aromatic rings. The van der Waals surface area contributed by atoms with E-state index in [1.54, 1.807) is 0 Å². The Bertz CT molecular complexity index is 563. The highest BCUT2D eigenvalue weighted by atomic mass is 19.2. The number of benzene rings is 1. The van der Waals surface area contributed by atoms with Gasteiger partial charge in [0.15, 0.2) is 11.6 Å². The third kappa shape index (κ3) is 2.53. The number of nitrogens with zero attached hydrogens (tertiary/aromatic N) is 2. The van der Waals surface area contributed by atoms with E-state index in [1.165, 1.54) is 0 Å². The number of aromatic nitrogens is 2. The van der Waals surface area contributed by atoms with Gasteiger partial charge in [-0.15, -0.1) is 0 Å². The van der Waals surface area contributed by atoms with Gasteiger partial charge in [0, 0.05) is 31.8 Å². The lowest BCUT2D eigenvalue weighted by atomic mass is 10.2. The average molecular weight is 280 g/mol. The first-order chi connectivity index (χ1) is 9.65. The second-order valence-electron chi connectivity index (χ2n) is 5.22. The van der Waals surface area contributed by atoms with E-state index in [4.69, 9.17) is 0 Å². The minimum absolute atomic E-state index is 0.105. The molecular formula is C14H18F2N4. The van der Waals surface area contributed by atoms with Crippen LogP contribution < -0.4 is 5.32 Å². The molecule has 1 aliphatic heterocycles. The lowest BCUT2D eigenvalue weighted by Gasteiger charge is -2.25. The molecule has 1 fully saturated rings. The standard InChI is InChI=1S/C14H18F2N4/c1-9(20-5-2-3-17-4-6-20)14-18-12-7-10(15)11(16)8-13(12)19-14/h7-9,17H,2-6H2,1H3,(H,18,19). The minimum Gasteiger partial charge on any atom is -0.341 e. The first-order valence-corrected chi connectivity index (χ1v) is 6.94. The number of rotatable bonds is 2. The monoisotopic (exact) mass is 280 g/mol. The third-order valence-electron chi connectivity index (χ3n) is 3.86. The first-order valence-electron chi connectivity index (χ1n) is 6.94. The zero-order chi connectivity index (χ0) is 14.1. The fourth-order valence-corrected chi connectivity index (χ4v) is 2.65. The van der Waals surface area contributed by atoms with Crippen LogP contribution in [0.5, 0.6) is 0 Å². The van der Waals surface area contributed by atoms with Crippen LogP contribution in [0.3, 0.4) is 0 Å². The highest BCUT2D eigenvalue weighted by molar-refractivity contribution is 5.75. The molecule has 0 bridgehead atoms. The highest BCUT2D eigenvalue weighted by Crippen LogP contribution is 2.23. The summed E-state index contributed by atoms with van der Waals surface area (Å²) in [5.41, 5.74) is 1.01. The normalized spacial score (nSPS) is 19.1. The van der Waals surface area contributed by atoms with Crippen molar-refractivity contribution < 1.29 is 8.78 Å². The second kappa shape index (κ2) is 5.46. The Balaban J connectivity index is 1.88. The van der Waals surface area contributed by atoms with Crippen LogP contribution in [0.4, 0.5) is 8.78 Å². The summed E-state index contributed by atoms with van der Waals surface area (Å²) in [6.07, 6.45) is 1.09. The smallest absolute Gasteiger partial charge is 0.161 e. The summed E-state index contributed by atoms with van der Waals surface area (Å²) < 4.78 is 26.4. The summed E-state index contributed by atoms with van der Waals surface area (Å²) in [6, 6.07) is 2.41. The fourth-order valence-electron chi connectivity index (χ4n) is 2.65. The number of fused-ring (bicyclic) bond motifs is 1. The second-order valence-corrected chi connectivity index (χ2v) is 5.22. The first kappa shape index (κ1) is 13.5. The van der Waals surface area contributed by atoms with Gasteiger partial charge in [-0.05, 0) is 19.9 Å². The van der Waals surface area contributed by atoms with Crippen molar-refractivity contribution >= 4 is 11.0 Å². The van der Waals surface area contributed by atoms with Crippen molar-refractivity contribution in [3.8, 4) is 0 Å². The summed E-state index contributed by atoms with van der Waals surface area (Å²) in [7, 11) is 0. The van der Waals surface area contributed by atoms with Gasteiger partial charge in [-0.1, -0.05) is 0 Å². The molecule has 4 nitrogen and oxygen atoms in total. The lowest BCUT2D eigenvalue weighted by molar-refractivity contribution is 0.218. The van der Waals surface area contributed by atoms with Gasteiger partial charge in [-0.25, -0.2) is 13.8 Å². The van der Waals surface area contributed by atoms with Crippen molar-refractivity contribution in [2.75, 3.05) is 26.2 Å². The number of H-pyrrole nitrogens is 1. The maximum atomic E-state index is 13.2. The summed E-state index contributed by atoms with van der Waals surface area (Å²) >= 11 is 0. The van der Waals surface area contributed by atoms with Gasteiger partial charge in [0.25, 0.3) is 0 Å². The summed E-state index contributed by atoms with van der Waals surface area (Å²) in [4.78, 5) is 9.82. The predicted molar refractivity (Wildman–Crippen MR) is 73.5 cm³/mol. The number of nitrogens with one attached hydrogen (secondary N) is 2. The van der Waals surface area contributed by atoms with Crippen LogP contribution in [0.25, 0.3) is 11.0 Å². The van der Waals surface area contributed by atoms with Crippen molar-refractivity contribution in [1.82, 2.24) is 20.2 Å². The van der Waals surface area contributed by atoms with Crippen molar-refractivity contribution in [3.05, 3.63) is 29.6 Å². The van der Waals surface area contributed by atoms with Crippen LogP contribution in [0, 0.1) is 11.6 Å². The van der Waals surface area contributed by atoms with E-state index in [2.05, 4.69) is 27.1 Å². The molecule has 2 N–H and O–H groups in total. The number of hydrogen-bond acceptors (Lipinski definition) is 3. The van der Waals surface area contributed by atoms with E-state index >= 15 is 0 Å². The van der Waals surface area contributed by atoms with Crippen molar-refractivity contribution in [2.24, 2.45) is 0 Å². The number of aromatic amines is 1. The van der Waals surface area contributed by atoms with Gasteiger partial charge in [0.2, 0.25) is 0 Å². The third-order valence-corrected chi connectivity index (χ3v) is 3.86. The van der Waals surface area contributed by atoms with Crippen LogP contribution >= 0.6 is 0 Å². The Labute approximate surface area is 116 Å². The minimum atomic E-state index is -0.859. The largest absolute Gasteiger partial charge is 0.341 e. The Morgan fingerprint density at radius 2 is 2.00 bits per heavy atom. The quantitative estimate of drug-likeness (QED) is 0.886. The molecule has 0 spiro atoms. The van der Waals surface area contributed by atoms with Crippen LogP contribution in [-0.4, -0.2) is 41.0 Å². The molecule has 0 aliphatic carbocycles. The van der Waals surface area contributed by atoms with E-state index < -0.39 is 11.6 Å². The van der Waals surface area contributed by atoms with Crippen molar-refractivity contribution in [1.29, 1.82) is 0 Å². The molecule has 0 saturated carbocycles. The van der Waals surface area contributed by atoms with Crippen LogP contribution in [0.1, 0.15) is 25.2 Å². The van der Waals surface area contributed by atoms with Gasteiger partial charge in [0.05, 0.1) is 17.1 Å².